The number of ether oxygens (including phenoxy) is 1. The number of nitrogens with zero attached hydrogens (tertiary/aromatic N) is 1. The minimum atomic E-state index is -0.256. The fraction of sp³-hybridized carbons (Fsp3) is 0.652. The third-order valence-corrected chi connectivity index (χ3v) is 6.37. The molecule has 2 amide bonds. The van der Waals surface area contributed by atoms with E-state index in [-0.39, 0.29) is 23.5 Å². The molecule has 28 heavy (non-hydrogen) atoms. The van der Waals surface area contributed by atoms with Crippen molar-refractivity contribution in [3.05, 3.63) is 29.8 Å². The van der Waals surface area contributed by atoms with Crippen molar-refractivity contribution in [2.45, 2.75) is 76.4 Å². The van der Waals surface area contributed by atoms with Gasteiger partial charge in [-0.2, -0.15) is 0 Å². The number of rotatable bonds is 5. The van der Waals surface area contributed by atoms with Gasteiger partial charge in [-0.1, -0.05) is 18.2 Å². The van der Waals surface area contributed by atoms with Crippen molar-refractivity contribution in [2.75, 3.05) is 13.1 Å². The molecule has 1 aliphatic carbocycles. The molecule has 2 fully saturated rings. The average molecular weight is 385 g/mol. The Morgan fingerprint density at radius 3 is 2.57 bits per heavy atom. The Kier molecular flexibility index (Phi) is 5.35. The Morgan fingerprint density at radius 2 is 1.89 bits per heavy atom. The molecule has 1 N–H and O–H groups in total. The van der Waals surface area contributed by atoms with Gasteiger partial charge in [-0.25, -0.2) is 0 Å². The molecule has 152 valence electrons. The van der Waals surface area contributed by atoms with Crippen molar-refractivity contribution in [1.29, 1.82) is 0 Å². The van der Waals surface area contributed by atoms with Crippen molar-refractivity contribution in [2.24, 2.45) is 5.92 Å². The van der Waals surface area contributed by atoms with Crippen LogP contribution in [0.5, 0.6) is 5.75 Å². The Balaban J connectivity index is 1.45. The summed E-state index contributed by atoms with van der Waals surface area (Å²) >= 11 is 0. The molecule has 3 aliphatic rings. The van der Waals surface area contributed by atoms with Crippen LogP contribution in [0.3, 0.4) is 0 Å². The predicted octanol–water partition coefficient (Wildman–Crippen LogP) is 3.63. The molecule has 0 bridgehead atoms. The zero-order valence-electron chi connectivity index (χ0n) is 17.1. The van der Waals surface area contributed by atoms with E-state index in [2.05, 4.69) is 11.4 Å². The molecule has 1 spiro atoms. The van der Waals surface area contributed by atoms with Gasteiger partial charge in [0, 0.05) is 50.7 Å². The van der Waals surface area contributed by atoms with E-state index in [9.17, 15) is 9.59 Å². The molecule has 1 atom stereocenters. The summed E-state index contributed by atoms with van der Waals surface area (Å²) in [4.78, 5) is 26.9. The highest BCUT2D eigenvalue weighted by Crippen LogP contribution is 2.46. The molecular formula is C23H32N2O3. The molecule has 0 radical (unpaired) electrons. The first kappa shape index (κ1) is 19.3. The number of hydrogen-bond acceptors (Lipinski definition) is 3. The minimum absolute atomic E-state index is 0.101. The monoisotopic (exact) mass is 384 g/mol. The standard InChI is InChI=1S/C23H32N2O3/c1-16(2)24-21(26)14-18-15-23(28-20-6-4-3-5-19(18)20)9-11-25(12-10-23)22(27)13-17-7-8-17/h3-6,16-18H,7-15H2,1-2H3,(H,24,26)/t18-/m1/s1. The molecule has 0 unspecified atom stereocenters. The van der Waals surface area contributed by atoms with Crippen LogP contribution >= 0.6 is 0 Å². The molecule has 2 aliphatic heterocycles. The topological polar surface area (TPSA) is 58.6 Å². The third-order valence-electron chi connectivity index (χ3n) is 6.37. The van der Waals surface area contributed by atoms with Gasteiger partial charge in [-0.15, -0.1) is 0 Å². The molecular weight excluding hydrogens is 352 g/mol. The van der Waals surface area contributed by atoms with Crippen molar-refractivity contribution < 1.29 is 14.3 Å². The highest BCUT2D eigenvalue weighted by molar-refractivity contribution is 5.77. The van der Waals surface area contributed by atoms with Gasteiger partial charge in [0.1, 0.15) is 11.4 Å². The number of amides is 2. The smallest absolute Gasteiger partial charge is 0.222 e. The van der Waals surface area contributed by atoms with Gasteiger partial charge in [0.2, 0.25) is 11.8 Å². The molecule has 1 saturated carbocycles. The molecule has 4 rings (SSSR count). The molecule has 1 aromatic rings. The van der Waals surface area contributed by atoms with Crippen LogP contribution in [0.15, 0.2) is 24.3 Å². The Labute approximate surface area is 167 Å². The van der Waals surface area contributed by atoms with Crippen LogP contribution in [0, 0.1) is 5.92 Å². The van der Waals surface area contributed by atoms with Crippen molar-refractivity contribution in [3.8, 4) is 5.75 Å². The second-order valence-corrected chi connectivity index (χ2v) is 9.18. The average Bonchev–Trinajstić information content (AvgIpc) is 3.45. The molecule has 5 heteroatoms. The first-order chi connectivity index (χ1) is 13.4. The van der Waals surface area contributed by atoms with E-state index in [0.717, 1.165) is 43.7 Å². The number of carbonyl (C=O) groups excluding carboxylic acids is 2. The van der Waals surface area contributed by atoms with Gasteiger partial charge >= 0.3 is 0 Å². The van der Waals surface area contributed by atoms with Crippen LogP contribution in [0.25, 0.3) is 0 Å². The molecule has 5 nitrogen and oxygen atoms in total. The molecule has 1 aromatic carbocycles. The summed E-state index contributed by atoms with van der Waals surface area (Å²) in [5.74, 6) is 2.11. The lowest BCUT2D eigenvalue weighted by Gasteiger charge is -2.47. The van der Waals surface area contributed by atoms with E-state index in [1.165, 1.54) is 12.8 Å². The maximum atomic E-state index is 12.5. The minimum Gasteiger partial charge on any atom is -0.487 e. The Morgan fingerprint density at radius 1 is 1.18 bits per heavy atom. The number of piperidine rings is 1. The van der Waals surface area contributed by atoms with E-state index in [1.54, 1.807) is 0 Å². The predicted molar refractivity (Wildman–Crippen MR) is 108 cm³/mol. The zero-order chi connectivity index (χ0) is 19.7. The summed E-state index contributed by atoms with van der Waals surface area (Å²) in [7, 11) is 0. The number of likely N-dealkylation sites (tertiary alicyclic amines) is 1. The van der Waals surface area contributed by atoms with Crippen molar-refractivity contribution >= 4 is 11.8 Å². The fourth-order valence-electron chi connectivity index (χ4n) is 4.70. The highest BCUT2D eigenvalue weighted by Gasteiger charge is 2.44. The molecule has 0 aromatic heterocycles. The number of hydrogen-bond donors (Lipinski definition) is 1. The van der Waals surface area contributed by atoms with Crippen molar-refractivity contribution in [3.63, 3.8) is 0 Å². The number of para-hydroxylation sites is 1. The summed E-state index contributed by atoms with van der Waals surface area (Å²) in [5.41, 5.74) is 0.882. The van der Waals surface area contributed by atoms with Gasteiger partial charge in [0.05, 0.1) is 0 Å². The van der Waals surface area contributed by atoms with Crippen molar-refractivity contribution in [1.82, 2.24) is 10.2 Å². The van der Waals surface area contributed by atoms with Crippen LogP contribution in [0.4, 0.5) is 0 Å². The lowest BCUT2D eigenvalue weighted by molar-refractivity contribution is -0.135. The summed E-state index contributed by atoms with van der Waals surface area (Å²) in [6.45, 7) is 5.51. The van der Waals surface area contributed by atoms with E-state index >= 15 is 0 Å². The van der Waals surface area contributed by atoms with E-state index in [1.807, 2.05) is 36.9 Å². The largest absolute Gasteiger partial charge is 0.487 e. The van der Waals surface area contributed by atoms with Gasteiger partial charge in [0.15, 0.2) is 0 Å². The third kappa shape index (κ3) is 4.34. The van der Waals surface area contributed by atoms with Gasteiger partial charge in [-0.3, -0.25) is 9.59 Å². The lowest BCUT2D eigenvalue weighted by atomic mass is 9.76. The summed E-state index contributed by atoms with van der Waals surface area (Å²) in [6, 6.07) is 8.28. The lowest BCUT2D eigenvalue weighted by Crippen LogP contribution is -2.52. The number of carbonyl (C=O) groups is 2. The van der Waals surface area contributed by atoms with Crippen LogP contribution in [-0.2, 0) is 9.59 Å². The van der Waals surface area contributed by atoms with Crippen LogP contribution in [-0.4, -0.2) is 41.4 Å². The van der Waals surface area contributed by atoms with Crippen LogP contribution < -0.4 is 10.1 Å². The maximum Gasteiger partial charge on any atom is 0.222 e. The van der Waals surface area contributed by atoms with Crippen LogP contribution in [0.1, 0.15) is 70.3 Å². The second-order valence-electron chi connectivity index (χ2n) is 9.18. The normalized spacial score (nSPS) is 23.2. The quantitative estimate of drug-likeness (QED) is 0.843. The fourth-order valence-corrected chi connectivity index (χ4v) is 4.70. The maximum absolute atomic E-state index is 12.5. The SMILES string of the molecule is CC(C)NC(=O)C[C@@H]1CC2(CCN(C(=O)CC3CC3)CC2)Oc2ccccc21. The summed E-state index contributed by atoms with van der Waals surface area (Å²) in [6.07, 6.45) is 6.17. The van der Waals surface area contributed by atoms with E-state index in [4.69, 9.17) is 4.74 Å². The first-order valence-electron chi connectivity index (χ1n) is 10.8. The number of fused-ring (bicyclic) bond motifs is 1. The van der Waals surface area contributed by atoms with Crippen LogP contribution in [0.2, 0.25) is 0 Å². The molecule has 2 heterocycles. The Bertz CT molecular complexity index is 733. The summed E-state index contributed by atoms with van der Waals surface area (Å²) in [5, 5.41) is 3.03. The van der Waals surface area contributed by atoms with Gasteiger partial charge in [0.25, 0.3) is 0 Å². The van der Waals surface area contributed by atoms with E-state index in [0.29, 0.717) is 24.7 Å². The number of benzene rings is 1. The Hall–Kier alpha value is -2.04. The van der Waals surface area contributed by atoms with Gasteiger partial charge in [-0.05, 0) is 50.7 Å². The van der Waals surface area contributed by atoms with E-state index < -0.39 is 0 Å². The second kappa shape index (κ2) is 7.76. The zero-order valence-corrected chi connectivity index (χ0v) is 17.1. The molecule has 1 saturated heterocycles. The highest BCUT2D eigenvalue weighted by atomic mass is 16.5. The van der Waals surface area contributed by atoms with Gasteiger partial charge < -0.3 is 15.0 Å². The first-order valence-corrected chi connectivity index (χ1v) is 10.8. The summed E-state index contributed by atoms with van der Waals surface area (Å²) < 4.78 is 6.51. The number of nitrogens with one attached hydrogen (secondary N) is 1.